The summed E-state index contributed by atoms with van der Waals surface area (Å²) in [5.41, 5.74) is 2.34. The van der Waals surface area contributed by atoms with Crippen molar-refractivity contribution in [1.82, 2.24) is 14.9 Å². The maximum absolute atomic E-state index is 5.86. The van der Waals surface area contributed by atoms with Gasteiger partial charge in [-0.15, -0.1) is 11.3 Å². The Kier molecular flexibility index (Phi) is 6.58. The summed E-state index contributed by atoms with van der Waals surface area (Å²) in [7, 11) is 0. The summed E-state index contributed by atoms with van der Waals surface area (Å²) in [6.07, 6.45) is 0. The molecule has 1 saturated heterocycles. The Morgan fingerprint density at radius 2 is 1.72 bits per heavy atom. The van der Waals surface area contributed by atoms with Crippen molar-refractivity contribution in [2.45, 2.75) is 6.54 Å². The van der Waals surface area contributed by atoms with E-state index in [2.05, 4.69) is 39.9 Å². The van der Waals surface area contributed by atoms with Gasteiger partial charge in [0.05, 0.1) is 31.7 Å². The Hall–Kier alpha value is -3.00. The van der Waals surface area contributed by atoms with Crippen LogP contribution < -0.4 is 10.1 Å². The van der Waals surface area contributed by atoms with Crippen molar-refractivity contribution in [3.8, 4) is 16.9 Å². The van der Waals surface area contributed by atoms with E-state index < -0.39 is 0 Å². The van der Waals surface area contributed by atoms with Crippen LogP contribution in [0, 0.1) is 0 Å². The highest BCUT2D eigenvalue weighted by molar-refractivity contribution is 7.17. The normalized spacial score (nSPS) is 14.5. The van der Waals surface area contributed by atoms with Crippen LogP contribution >= 0.6 is 11.3 Å². The third-order valence-corrected chi connectivity index (χ3v) is 6.31. The molecule has 0 bridgehead atoms. The van der Waals surface area contributed by atoms with E-state index in [4.69, 9.17) is 19.4 Å². The zero-order chi connectivity index (χ0) is 21.6. The third-order valence-electron chi connectivity index (χ3n) is 5.44. The minimum absolute atomic E-state index is 0.555. The molecule has 5 rings (SSSR count). The fraction of sp³-hybridized carbons (Fsp3) is 0.280. The first-order valence-corrected chi connectivity index (χ1v) is 11.8. The number of hydrogen-bond acceptors (Lipinski definition) is 7. The zero-order valence-electron chi connectivity index (χ0n) is 17.9. The van der Waals surface area contributed by atoms with Gasteiger partial charge in [0.1, 0.15) is 28.8 Å². The Labute approximate surface area is 191 Å². The van der Waals surface area contributed by atoms with E-state index in [-0.39, 0.29) is 0 Å². The van der Waals surface area contributed by atoms with Crippen molar-refractivity contribution in [3.63, 3.8) is 0 Å². The number of hydrogen-bond donors (Lipinski definition) is 1. The molecule has 0 amide bonds. The van der Waals surface area contributed by atoms with E-state index in [1.165, 1.54) is 5.56 Å². The van der Waals surface area contributed by atoms with Crippen LogP contribution in [0.25, 0.3) is 21.3 Å². The van der Waals surface area contributed by atoms with Crippen LogP contribution in [-0.2, 0) is 11.3 Å². The van der Waals surface area contributed by atoms with E-state index in [0.29, 0.717) is 13.2 Å². The number of para-hydroxylation sites is 1. The Bertz CT molecular complexity index is 1140. The molecular formula is C25H26N4O2S. The van der Waals surface area contributed by atoms with Gasteiger partial charge in [-0.3, -0.25) is 4.90 Å². The van der Waals surface area contributed by atoms with Crippen molar-refractivity contribution in [3.05, 3.63) is 71.9 Å². The molecule has 0 saturated carbocycles. The Balaban J connectivity index is 1.40. The Morgan fingerprint density at radius 1 is 0.969 bits per heavy atom. The van der Waals surface area contributed by atoms with Crippen LogP contribution in [0.2, 0.25) is 0 Å². The van der Waals surface area contributed by atoms with E-state index in [1.807, 2.05) is 36.4 Å². The summed E-state index contributed by atoms with van der Waals surface area (Å²) in [5.74, 6) is 2.58. The van der Waals surface area contributed by atoms with Gasteiger partial charge >= 0.3 is 0 Å². The highest BCUT2D eigenvalue weighted by Gasteiger charge is 2.18. The number of ether oxygens (including phenoxy) is 2. The number of morpholine rings is 1. The predicted molar refractivity (Wildman–Crippen MR) is 129 cm³/mol. The van der Waals surface area contributed by atoms with Crippen LogP contribution in [0.1, 0.15) is 5.82 Å². The molecule has 2 aromatic heterocycles. The largest absolute Gasteiger partial charge is 0.492 e. The highest BCUT2D eigenvalue weighted by Crippen LogP contribution is 2.37. The van der Waals surface area contributed by atoms with Crippen molar-refractivity contribution in [1.29, 1.82) is 0 Å². The molecule has 32 heavy (non-hydrogen) atoms. The first-order chi connectivity index (χ1) is 15.9. The lowest BCUT2D eigenvalue weighted by atomic mass is 10.1. The molecule has 1 fully saturated rings. The van der Waals surface area contributed by atoms with Crippen LogP contribution in [-0.4, -0.2) is 54.3 Å². The fourth-order valence-electron chi connectivity index (χ4n) is 3.83. The first kappa shape index (κ1) is 20.9. The molecule has 1 N–H and O–H groups in total. The van der Waals surface area contributed by atoms with Gasteiger partial charge in [-0.05, 0) is 17.7 Å². The summed E-state index contributed by atoms with van der Waals surface area (Å²) in [6.45, 7) is 5.29. The molecule has 0 radical (unpaired) electrons. The zero-order valence-corrected chi connectivity index (χ0v) is 18.7. The molecule has 1 aliphatic rings. The summed E-state index contributed by atoms with van der Waals surface area (Å²) in [5, 5.41) is 6.77. The predicted octanol–water partition coefficient (Wildman–Crippen LogP) is 4.68. The minimum atomic E-state index is 0.555. The molecule has 6 nitrogen and oxygen atoms in total. The average Bonchev–Trinajstić information content (AvgIpc) is 3.28. The molecule has 7 heteroatoms. The van der Waals surface area contributed by atoms with Gasteiger partial charge in [0.15, 0.2) is 0 Å². The van der Waals surface area contributed by atoms with Gasteiger partial charge in [0.25, 0.3) is 0 Å². The molecule has 0 unspecified atom stereocenters. The molecule has 164 valence electrons. The second-order valence-corrected chi connectivity index (χ2v) is 8.52. The van der Waals surface area contributed by atoms with Crippen LogP contribution in [0.3, 0.4) is 0 Å². The SMILES string of the molecule is c1ccc(OCCNc2nc(CN3CCOCC3)nc3scc(-c4ccccc4)c23)cc1. The van der Waals surface area contributed by atoms with Gasteiger partial charge < -0.3 is 14.8 Å². The van der Waals surface area contributed by atoms with Crippen LogP contribution in [0.15, 0.2) is 66.0 Å². The quantitative estimate of drug-likeness (QED) is 0.397. The number of nitrogens with zero attached hydrogens (tertiary/aromatic N) is 3. The number of aromatic nitrogens is 2. The second kappa shape index (κ2) is 10.1. The number of fused-ring (bicyclic) bond motifs is 1. The van der Waals surface area contributed by atoms with E-state index >= 15 is 0 Å². The summed E-state index contributed by atoms with van der Waals surface area (Å²) in [4.78, 5) is 13.2. The summed E-state index contributed by atoms with van der Waals surface area (Å²) in [6, 6.07) is 20.3. The van der Waals surface area contributed by atoms with Gasteiger partial charge in [-0.1, -0.05) is 48.5 Å². The van der Waals surface area contributed by atoms with Crippen molar-refractivity contribution in [2.24, 2.45) is 0 Å². The first-order valence-electron chi connectivity index (χ1n) is 10.9. The average molecular weight is 447 g/mol. The number of benzene rings is 2. The molecule has 4 aromatic rings. The van der Waals surface area contributed by atoms with E-state index in [1.54, 1.807) is 11.3 Å². The minimum Gasteiger partial charge on any atom is -0.492 e. The monoisotopic (exact) mass is 446 g/mol. The lowest BCUT2D eigenvalue weighted by molar-refractivity contribution is 0.0331. The Morgan fingerprint density at radius 3 is 2.50 bits per heavy atom. The second-order valence-electron chi connectivity index (χ2n) is 7.66. The smallest absolute Gasteiger partial charge is 0.146 e. The fourth-order valence-corrected chi connectivity index (χ4v) is 4.80. The highest BCUT2D eigenvalue weighted by atomic mass is 32.1. The molecule has 3 heterocycles. The van der Waals surface area contributed by atoms with Crippen LogP contribution in [0.5, 0.6) is 5.75 Å². The lowest BCUT2D eigenvalue weighted by Crippen LogP contribution is -2.36. The third kappa shape index (κ3) is 4.91. The summed E-state index contributed by atoms with van der Waals surface area (Å²) < 4.78 is 11.3. The number of thiophene rings is 1. The van der Waals surface area contributed by atoms with Crippen molar-refractivity contribution >= 4 is 27.4 Å². The standard InChI is InChI=1S/C25H26N4O2S/c1-3-7-19(8-4-1)21-18-32-25-23(21)24(26-11-14-31-20-9-5-2-6-10-20)27-22(28-25)17-29-12-15-30-16-13-29/h1-10,18H,11-17H2,(H,26,27,28). The van der Waals surface area contributed by atoms with E-state index in [0.717, 1.165) is 66.0 Å². The van der Waals surface area contributed by atoms with Crippen molar-refractivity contribution < 1.29 is 9.47 Å². The van der Waals surface area contributed by atoms with Crippen LogP contribution in [0.4, 0.5) is 5.82 Å². The van der Waals surface area contributed by atoms with Gasteiger partial charge in [0.2, 0.25) is 0 Å². The molecule has 1 aliphatic heterocycles. The maximum atomic E-state index is 5.86. The van der Waals surface area contributed by atoms with Gasteiger partial charge in [-0.2, -0.15) is 0 Å². The summed E-state index contributed by atoms with van der Waals surface area (Å²) >= 11 is 1.67. The molecule has 2 aromatic carbocycles. The molecule has 0 spiro atoms. The maximum Gasteiger partial charge on any atom is 0.146 e. The lowest BCUT2D eigenvalue weighted by Gasteiger charge is -2.25. The number of anilines is 1. The molecule has 0 aliphatic carbocycles. The number of nitrogens with one attached hydrogen (secondary N) is 1. The molecule has 0 atom stereocenters. The van der Waals surface area contributed by atoms with Gasteiger partial charge in [-0.25, -0.2) is 9.97 Å². The topological polar surface area (TPSA) is 59.5 Å². The van der Waals surface area contributed by atoms with Crippen molar-refractivity contribution in [2.75, 3.05) is 44.8 Å². The number of rotatable bonds is 8. The molecular weight excluding hydrogens is 420 g/mol. The van der Waals surface area contributed by atoms with E-state index in [9.17, 15) is 0 Å². The van der Waals surface area contributed by atoms with Gasteiger partial charge in [0, 0.05) is 24.0 Å².